The average Bonchev–Trinajstić information content (AvgIpc) is 2.53. The zero-order chi connectivity index (χ0) is 15.8. The summed E-state index contributed by atoms with van der Waals surface area (Å²) in [6.07, 6.45) is 2.29. The Balaban J connectivity index is 1.80. The lowest BCUT2D eigenvalue weighted by atomic mass is 10.2. The van der Waals surface area contributed by atoms with Gasteiger partial charge in [-0.1, -0.05) is 30.0 Å². The molecule has 0 amide bonds. The number of nitro groups is 1. The number of rotatable bonds is 7. The van der Waals surface area contributed by atoms with Crippen molar-refractivity contribution >= 4 is 23.7 Å². The number of thioether (sulfide) groups is 1. The van der Waals surface area contributed by atoms with Crippen molar-refractivity contribution in [2.24, 2.45) is 4.99 Å². The van der Waals surface area contributed by atoms with Gasteiger partial charge in [-0.25, -0.2) is 0 Å². The van der Waals surface area contributed by atoms with E-state index in [0.717, 1.165) is 12.2 Å². The van der Waals surface area contributed by atoms with Crippen molar-refractivity contribution in [3.63, 3.8) is 0 Å². The molecule has 2 aromatic rings. The molecular formula is C16H15N2O3S-. The highest BCUT2D eigenvalue weighted by atomic mass is 32.2. The van der Waals surface area contributed by atoms with E-state index in [-0.39, 0.29) is 17.0 Å². The average molecular weight is 315 g/mol. The summed E-state index contributed by atoms with van der Waals surface area (Å²) < 4.78 is 0. The molecule has 0 aliphatic rings. The van der Waals surface area contributed by atoms with Crippen molar-refractivity contribution in [3.05, 3.63) is 64.2 Å². The molecule has 0 aliphatic carbocycles. The summed E-state index contributed by atoms with van der Waals surface area (Å²) in [5, 5.41) is 22.3. The van der Waals surface area contributed by atoms with Crippen molar-refractivity contribution in [3.8, 4) is 5.75 Å². The molecule has 0 N–H and O–H groups in total. The summed E-state index contributed by atoms with van der Waals surface area (Å²) in [6.45, 7) is 0.585. The second kappa shape index (κ2) is 8.19. The first-order chi connectivity index (χ1) is 10.7. The molecule has 114 valence electrons. The highest BCUT2D eigenvalue weighted by Crippen LogP contribution is 2.19. The van der Waals surface area contributed by atoms with E-state index in [1.54, 1.807) is 11.8 Å². The highest BCUT2D eigenvalue weighted by molar-refractivity contribution is 7.99. The molecule has 22 heavy (non-hydrogen) atoms. The van der Waals surface area contributed by atoms with Gasteiger partial charge in [-0.2, -0.15) is 0 Å². The number of benzene rings is 2. The maximum absolute atomic E-state index is 11.6. The molecule has 6 heteroatoms. The molecule has 0 aromatic heterocycles. The van der Waals surface area contributed by atoms with Crippen LogP contribution in [0.3, 0.4) is 0 Å². The minimum atomic E-state index is -0.521. The van der Waals surface area contributed by atoms with Crippen LogP contribution < -0.4 is 5.11 Å². The van der Waals surface area contributed by atoms with Crippen LogP contribution in [0.2, 0.25) is 0 Å². The van der Waals surface area contributed by atoms with Gasteiger partial charge in [-0.3, -0.25) is 15.1 Å². The number of non-ortho nitro benzene ring substituents is 1. The van der Waals surface area contributed by atoms with Crippen LogP contribution in [-0.4, -0.2) is 23.4 Å². The van der Waals surface area contributed by atoms with Crippen LogP contribution in [0.5, 0.6) is 5.75 Å². The Hall–Kier alpha value is -2.34. The summed E-state index contributed by atoms with van der Waals surface area (Å²) in [6, 6.07) is 13.7. The van der Waals surface area contributed by atoms with Gasteiger partial charge in [0, 0.05) is 29.8 Å². The predicted molar refractivity (Wildman–Crippen MR) is 86.8 cm³/mol. The lowest BCUT2D eigenvalue weighted by Gasteiger charge is -2.08. The maximum atomic E-state index is 11.6. The number of nitrogens with zero attached hydrogens (tertiary/aromatic N) is 2. The number of hydrogen-bond donors (Lipinski definition) is 0. The maximum Gasteiger partial charge on any atom is 0.270 e. The minimum Gasteiger partial charge on any atom is -0.872 e. The molecule has 0 heterocycles. The van der Waals surface area contributed by atoms with Gasteiger partial charge in [0.1, 0.15) is 0 Å². The molecule has 0 saturated carbocycles. The molecule has 0 spiro atoms. The van der Waals surface area contributed by atoms with E-state index in [9.17, 15) is 15.2 Å². The second-order valence-corrected chi connectivity index (χ2v) is 5.70. The van der Waals surface area contributed by atoms with Crippen LogP contribution in [0.15, 0.2) is 58.4 Å². The summed E-state index contributed by atoms with van der Waals surface area (Å²) in [4.78, 5) is 15.5. The normalized spacial score (nSPS) is 10.9. The molecule has 0 fully saturated rings. The van der Waals surface area contributed by atoms with Gasteiger partial charge < -0.3 is 5.11 Å². The van der Waals surface area contributed by atoms with Gasteiger partial charge >= 0.3 is 0 Å². The fourth-order valence-corrected chi connectivity index (χ4v) is 2.63. The van der Waals surface area contributed by atoms with E-state index in [2.05, 4.69) is 17.1 Å². The number of nitro benzene ring substituents is 1. The van der Waals surface area contributed by atoms with E-state index in [4.69, 9.17) is 0 Å². The Morgan fingerprint density at radius 1 is 1.18 bits per heavy atom. The van der Waals surface area contributed by atoms with Crippen molar-refractivity contribution in [2.75, 3.05) is 12.3 Å². The first-order valence-corrected chi connectivity index (χ1v) is 7.78. The molecule has 2 aromatic carbocycles. The molecule has 0 unspecified atom stereocenters. The fourth-order valence-electron chi connectivity index (χ4n) is 1.78. The van der Waals surface area contributed by atoms with Crippen LogP contribution in [0.1, 0.15) is 12.0 Å². The summed E-state index contributed by atoms with van der Waals surface area (Å²) >= 11 is 1.75. The third-order valence-corrected chi connectivity index (χ3v) is 3.98. The SMILES string of the molecule is O=[N+]([O-])c1ccc([O-])c(C=NCCCSc2ccccc2)c1. The predicted octanol–water partition coefficient (Wildman–Crippen LogP) is 3.27. The lowest BCUT2D eigenvalue weighted by Crippen LogP contribution is -1.98. The molecule has 2 rings (SSSR count). The molecule has 0 aliphatic heterocycles. The highest BCUT2D eigenvalue weighted by Gasteiger charge is 2.05. The summed E-state index contributed by atoms with van der Waals surface area (Å²) in [7, 11) is 0. The van der Waals surface area contributed by atoms with E-state index in [0.29, 0.717) is 6.54 Å². The molecular weight excluding hydrogens is 300 g/mol. The topological polar surface area (TPSA) is 78.6 Å². The van der Waals surface area contributed by atoms with Crippen LogP contribution in [0, 0.1) is 10.1 Å². The third-order valence-electron chi connectivity index (χ3n) is 2.88. The molecule has 5 nitrogen and oxygen atoms in total. The minimum absolute atomic E-state index is 0.0966. The summed E-state index contributed by atoms with van der Waals surface area (Å²) in [5.41, 5.74) is 0.158. The molecule has 0 radical (unpaired) electrons. The van der Waals surface area contributed by atoms with Crippen molar-refractivity contribution in [1.82, 2.24) is 0 Å². The lowest BCUT2D eigenvalue weighted by molar-refractivity contribution is -0.385. The zero-order valence-electron chi connectivity index (χ0n) is 11.8. The van der Waals surface area contributed by atoms with Gasteiger partial charge in [-0.15, -0.1) is 11.8 Å². The number of hydrogen-bond acceptors (Lipinski definition) is 5. The fraction of sp³-hybridized carbons (Fsp3) is 0.188. The van der Waals surface area contributed by atoms with Gasteiger partial charge in [0.25, 0.3) is 5.69 Å². The Labute approximate surface area is 132 Å². The van der Waals surface area contributed by atoms with E-state index < -0.39 is 4.92 Å². The standard InChI is InChI=1S/C16H16N2O3S/c19-16-8-7-14(18(20)21)11-13(16)12-17-9-4-10-22-15-5-2-1-3-6-15/h1-3,5-8,11-12,19H,4,9-10H2/p-1. The van der Waals surface area contributed by atoms with Crippen molar-refractivity contribution < 1.29 is 10.0 Å². The van der Waals surface area contributed by atoms with Crippen molar-refractivity contribution in [2.45, 2.75) is 11.3 Å². The first kappa shape index (κ1) is 16.0. The Morgan fingerprint density at radius 3 is 2.68 bits per heavy atom. The van der Waals surface area contributed by atoms with E-state index in [1.165, 1.54) is 29.3 Å². The van der Waals surface area contributed by atoms with Crippen molar-refractivity contribution in [1.29, 1.82) is 0 Å². The monoisotopic (exact) mass is 315 g/mol. The van der Waals surface area contributed by atoms with Crippen LogP contribution in [-0.2, 0) is 0 Å². The molecule has 0 saturated heterocycles. The van der Waals surface area contributed by atoms with E-state index >= 15 is 0 Å². The van der Waals surface area contributed by atoms with E-state index in [1.807, 2.05) is 18.2 Å². The molecule has 0 bridgehead atoms. The largest absolute Gasteiger partial charge is 0.872 e. The van der Waals surface area contributed by atoms with Crippen LogP contribution >= 0.6 is 11.8 Å². The Kier molecular flexibility index (Phi) is 5.97. The first-order valence-electron chi connectivity index (χ1n) is 6.80. The zero-order valence-corrected chi connectivity index (χ0v) is 12.7. The number of aliphatic imine (C=N–C) groups is 1. The van der Waals surface area contributed by atoms with Gasteiger partial charge in [0.2, 0.25) is 0 Å². The molecule has 0 atom stereocenters. The van der Waals surface area contributed by atoms with Gasteiger partial charge in [0.15, 0.2) is 0 Å². The summed E-state index contributed by atoms with van der Waals surface area (Å²) in [5.74, 6) is 0.675. The third kappa shape index (κ3) is 4.89. The second-order valence-electron chi connectivity index (χ2n) is 4.53. The Bertz CT molecular complexity index is 660. The van der Waals surface area contributed by atoms with Gasteiger partial charge in [0.05, 0.1) is 4.92 Å². The van der Waals surface area contributed by atoms with Crippen LogP contribution in [0.4, 0.5) is 5.69 Å². The smallest absolute Gasteiger partial charge is 0.270 e. The van der Waals surface area contributed by atoms with Crippen LogP contribution in [0.25, 0.3) is 0 Å². The Morgan fingerprint density at radius 2 is 1.95 bits per heavy atom. The quantitative estimate of drug-likeness (QED) is 0.258. The van der Waals surface area contributed by atoms with Gasteiger partial charge in [-0.05, 0) is 29.9 Å².